The van der Waals surface area contributed by atoms with Crippen molar-refractivity contribution in [1.82, 2.24) is 20.9 Å². The summed E-state index contributed by atoms with van der Waals surface area (Å²) in [6.45, 7) is 10.2. The molecule has 0 fully saturated rings. The van der Waals surface area contributed by atoms with Crippen molar-refractivity contribution in [2.75, 3.05) is 19.6 Å². The molecule has 0 aliphatic rings. The number of aliphatic imine (C=N–C) groups is 1. The number of amides is 1. The maximum atomic E-state index is 11.6. The molecule has 148 valence electrons. The van der Waals surface area contributed by atoms with Crippen LogP contribution in [0.15, 0.2) is 35.3 Å². The second-order valence-electron chi connectivity index (χ2n) is 7.29. The van der Waals surface area contributed by atoms with Gasteiger partial charge in [0.25, 0.3) is 0 Å². The minimum atomic E-state index is -0.476. The van der Waals surface area contributed by atoms with E-state index in [0.717, 1.165) is 30.1 Å². The number of nitrogens with zero attached hydrogens (tertiary/aromatic N) is 1. The molecule has 0 spiro atoms. The van der Waals surface area contributed by atoms with Crippen LogP contribution < -0.4 is 16.0 Å². The van der Waals surface area contributed by atoms with Gasteiger partial charge in [-0.05, 0) is 51.6 Å². The second kappa shape index (κ2) is 9.85. The van der Waals surface area contributed by atoms with E-state index in [-0.39, 0.29) is 6.09 Å². The zero-order valence-corrected chi connectivity index (χ0v) is 16.7. The van der Waals surface area contributed by atoms with Crippen LogP contribution in [-0.4, -0.2) is 42.3 Å². The monoisotopic (exact) mass is 373 g/mol. The molecule has 27 heavy (non-hydrogen) atoms. The standard InChI is InChI=1S/C20H31N5O2/c1-5-21-18(22-11-8-12-23-19(26)27-20(2,3)4)24-14-16-13-15-9-6-7-10-17(15)25-16/h6-7,9-10,13,25H,5,8,11-12,14H2,1-4H3,(H,23,26)(H2,21,22,24). The van der Waals surface area contributed by atoms with Crippen LogP contribution in [-0.2, 0) is 11.3 Å². The average molecular weight is 374 g/mol. The van der Waals surface area contributed by atoms with Gasteiger partial charge in [0.15, 0.2) is 5.96 Å². The molecule has 0 unspecified atom stereocenters. The van der Waals surface area contributed by atoms with Crippen molar-refractivity contribution in [3.05, 3.63) is 36.0 Å². The minimum absolute atomic E-state index is 0.387. The molecule has 2 aromatic rings. The fraction of sp³-hybridized carbons (Fsp3) is 0.500. The lowest BCUT2D eigenvalue weighted by molar-refractivity contribution is 0.0527. The number of guanidine groups is 1. The van der Waals surface area contributed by atoms with E-state index in [1.54, 1.807) is 0 Å². The molecule has 1 aromatic carbocycles. The fourth-order valence-electron chi connectivity index (χ4n) is 2.52. The topological polar surface area (TPSA) is 90.5 Å². The van der Waals surface area contributed by atoms with E-state index >= 15 is 0 Å². The Morgan fingerprint density at radius 2 is 1.89 bits per heavy atom. The van der Waals surface area contributed by atoms with Gasteiger partial charge in [-0.3, -0.25) is 0 Å². The summed E-state index contributed by atoms with van der Waals surface area (Å²) >= 11 is 0. The Bertz CT molecular complexity index is 728. The molecule has 0 saturated carbocycles. The molecular weight excluding hydrogens is 342 g/mol. The largest absolute Gasteiger partial charge is 0.444 e. The van der Waals surface area contributed by atoms with E-state index in [4.69, 9.17) is 4.74 Å². The Kier molecular flexibility index (Phi) is 7.52. The zero-order valence-electron chi connectivity index (χ0n) is 16.7. The zero-order chi connectivity index (χ0) is 19.7. The van der Waals surface area contributed by atoms with Gasteiger partial charge in [0, 0.05) is 30.8 Å². The number of ether oxygens (including phenoxy) is 1. The van der Waals surface area contributed by atoms with Crippen LogP contribution in [0.4, 0.5) is 4.79 Å². The SMILES string of the molecule is CCNC(=NCc1cc2ccccc2[nH]1)NCCCNC(=O)OC(C)(C)C. The number of alkyl carbamates (subject to hydrolysis) is 1. The Morgan fingerprint density at radius 1 is 1.15 bits per heavy atom. The van der Waals surface area contributed by atoms with Gasteiger partial charge in [0.1, 0.15) is 5.60 Å². The van der Waals surface area contributed by atoms with Gasteiger partial charge in [-0.15, -0.1) is 0 Å². The molecule has 2 rings (SSSR count). The number of para-hydroxylation sites is 1. The summed E-state index contributed by atoms with van der Waals surface area (Å²) in [6.07, 6.45) is 0.387. The summed E-state index contributed by atoms with van der Waals surface area (Å²) < 4.78 is 5.21. The van der Waals surface area contributed by atoms with Crippen molar-refractivity contribution in [2.45, 2.75) is 46.3 Å². The predicted molar refractivity (Wildman–Crippen MR) is 110 cm³/mol. The highest BCUT2D eigenvalue weighted by molar-refractivity contribution is 5.81. The first-order chi connectivity index (χ1) is 12.9. The van der Waals surface area contributed by atoms with Gasteiger partial charge < -0.3 is 25.7 Å². The highest BCUT2D eigenvalue weighted by atomic mass is 16.6. The van der Waals surface area contributed by atoms with Crippen LogP contribution in [0.5, 0.6) is 0 Å². The molecule has 0 aliphatic carbocycles. The van der Waals surface area contributed by atoms with E-state index in [2.05, 4.69) is 44.1 Å². The number of hydrogen-bond donors (Lipinski definition) is 4. The lowest BCUT2D eigenvalue weighted by Crippen LogP contribution is -2.39. The number of benzene rings is 1. The van der Waals surface area contributed by atoms with Crippen LogP contribution in [0.25, 0.3) is 10.9 Å². The van der Waals surface area contributed by atoms with Gasteiger partial charge in [-0.2, -0.15) is 0 Å². The van der Waals surface area contributed by atoms with E-state index in [9.17, 15) is 4.79 Å². The molecule has 0 bridgehead atoms. The van der Waals surface area contributed by atoms with Crippen molar-refractivity contribution in [3.8, 4) is 0 Å². The molecule has 1 heterocycles. The Morgan fingerprint density at radius 3 is 2.59 bits per heavy atom. The quantitative estimate of drug-likeness (QED) is 0.341. The highest BCUT2D eigenvalue weighted by Crippen LogP contribution is 2.15. The molecule has 1 aromatic heterocycles. The van der Waals surface area contributed by atoms with E-state index in [1.807, 2.05) is 39.8 Å². The summed E-state index contributed by atoms with van der Waals surface area (Å²) in [5.41, 5.74) is 1.71. The summed E-state index contributed by atoms with van der Waals surface area (Å²) in [5.74, 6) is 0.758. The van der Waals surface area contributed by atoms with Crippen molar-refractivity contribution >= 4 is 23.0 Å². The number of fused-ring (bicyclic) bond motifs is 1. The summed E-state index contributed by atoms with van der Waals surface area (Å²) in [4.78, 5) is 19.6. The third-order valence-corrected chi connectivity index (χ3v) is 3.65. The first-order valence-corrected chi connectivity index (χ1v) is 9.43. The van der Waals surface area contributed by atoms with Gasteiger partial charge in [0.2, 0.25) is 0 Å². The smallest absolute Gasteiger partial charge is 0.407 e. The average Bonchev–Trinajstić information content (AvgIpc) is 3.00. The van der Waals surface area contributed by atoms with Crippen LogP contribution >= 0.6 is 0 Å². The molecule has 4 N–H and O–H groups in total. The fourth-order valence-corrected chi connectivity index (χ4v) is 2.52. The molecular formula is C20H31N5O2. The molecule has 0 saturated heterocycles. The van der Waals surface area contributed by atoms with Gasteiger partial charge >= 0.3 is 6.09 Å². The Labute approximate surface area is 161 Å². The maximum absolute atomic E-state index is 11.6. The molecule has 0 atom stereocenters. The van der Waals surface area contributed by atoms with E-state index < -0.39 is 5.60 Å². The van der Waals surface area contributed by atoms with Gasteiger partial charge in [-0.1, -0.05) is 18.2 Å². The lowest BCUT2D eigenvalue weighted by Gasteiger charge is -2.19. The van der Waals surface area contributed by atoms with Crippen molar-refractivity contribution in [3.63, 3.8) is 0 Å². The first-order valence-electron chi connectivity index (χ1n) is 9.43. The second-order valence-corrected chi connectivity index (χ2v) is 7.29. The molecule has 7 nitrogen and oxygen atoms in total. The number of carbonyl (C=O) groups is 1. The van der Waals surface area contributed by atoms with Crippen LogP contribution in [0.3, 0.4) is 0 Å². The number of carbonyl (C=O) groups excluding carboxylic acids is 1. The van der Waals surface area contributed by atoms with E-state index in [0.29, 0.717) is 19.6 Å². The van der Waals surface area contributed by atoms with E-state index in [1.165, 1.54) is 5.39 Å². The summed E-state index contributed by atoms with van der Waals surface area (Å²) in [7, 11) is 0. The maximum Gasteiger partial charge on any atom is 0.407 e. The first kappa shape index (κ1) is 20.6. The number of H-pyrrole nitrogens is 1. The number of aromatic amines is 1. The van der Waals surface area contributed by atoms with Gasteiger partial charge in [0.05, 0.1) is 6.54 Å². The Balaban J connectivity index is 1.76. The Hall–Kier alpha value is -2.70. The third kappa shape index (κ3) is 7.60. The van der Waals surface area contributed by atoms with Crippen molar-refractivity contribution in [1.29, 1.82) is 0 Å². The lowest BCUT2D eigenvalue weighted by atomic mass is 10.2. The van der Waals surface area contributed by atoms with Crippen LogP contribution in [0.1, 0.15) is 39.8 Å². The number of rotatable bonds is 7. The predicted octanol–water partition coefficient (Wildman–Crippen LogP) is 3.14. The van der Waals surface area contributed by atoms with Gasteiger partial charge in [-0.25, -0.2) is 9.79 Å². The van der Waals surface area contributed by atoms with Crippen LogP contribution in [0.2, 0.25) is 0 Å². The van der Waals surface area contributed by atoms with Crippen molar-refractivity contribution in [2.24, 2.45) is 4.99 Å². The number of nitrogens with one attached hydrogen (secondary N) is 4. The normalized spacial score (nSPS) is 12.1. The highest BCUT2D eigenvalue weighted by Gasteiger charge is 2.15. The summed E-state index contributed by atoms with van der Waals surface area (Å²) in [6, 6.07) is 10.3. The molecule has 1 amide bonds. The number of aromatic nitrogens is 1. The molecule has 0 aliphatic heterocycles. The van der Waals surface area contributed by atoms with Crippen molar-refractivity contribution < 1.29 is 9.53 Å². The molecule has 7 heteroatoms. The third-order valence-electron chi connectivity index (χ3n) is 3.65. The summed E-state index contributed by atoms with van der Waals surface area (Å²) in [5, 5.41) is 10.4. The molecule has 0 radical (unpaired) electrons. The minimum Gasteiger partial charge on any atom is -0.444 e. The number of hydrogen-bond acceptors (Lipinski definition) is 3. The van der Waals surface area contributed by atoms with Crippen LogP contribution in [0, 0.1) is 0 Å².